The second kappa shape index (κ2) is 7.21. The number of rotatable bonds is 4. The molecule has 134 valence electrons. The Hall–Kier alpha value is -2.44. The SMILES string of the molecule is COc1ccc(C(F)C2CCN(c3ccc(O)cn3)CC2)c(F)c1F. The molecule has 1 aromatic carbocycles. The van der Waals surface area contributed by atoms with E-state index in [4.69, 9.17) is 4.74 Å². The van der Waals surface area contributed by atoms with Gasteiger partial charge in [-0.1, -0.05) is 0 Å². The zero-order valence-corrected chi connectivity index (χ0v) is 13.8. The Bertz CT molecular complexity index is 732. The van der Waals surface area contributed by atoms with Crippen LogP contribution >= 0.6 is 0 Å². The number of halogens is 3. The molecule has 0 aliphatic carbocycles. The molecule has 0 bridgehead atoms. The molecule has 1 atom stereocenters. The molecule has 1 N–H and O–H groups in total. The highest BCUT2D eigenvalue weighted by Gasteiger charge is 2.31. The molecule has 0 spiro atoms. The van der Waals surface area contributed by atoms with Crippen molar-refractivity contribution < 1.29 is 23.0 Å². The van der Waals surface area contributed by atoms with Crippen LogP contribution in [0.15, 0.2) is 30.5 Å². The number of pyridine rings is 1. The molecule has 0 radical (unpaired) electrons. The van der Waals surface area contributed by atoms with E-state index in [1.807, 2.05) is 4.90 Å². The number of methoxy groups -OCH3 is 1. The largest absolute Gasteiger partial charge is 0.506 e. The number of nitrogens with zero attached hydrogens (tertiary/aromatic N) is 2. The smallest absolute Gasteiger partial charge is 0.200 e. The lowest BCUT2D eigenvalue weighted by atomic mass is 9.88. The van der Waals surface area contributed by atoms with Crippen LogP contribution in [0.3, 0.4) is 0 Å². The van der Waals surface area contributed by atoms with Crippen LogP contribution in [-0.2, 0) is 0 Å². The van der Waals surface area contributed by atoms with Gasteiger partial charge in [0.1, 0.15) is 17.7 Å². The van der Waals surface area contributed by atoms with Crippen LogP contribution in [0.25, 0.3) is 0 Å². The van der Waals surface area contributed by atoms with Crippen LogP contribution in [0.1, 0.15) is 24.6 Å². The molecule has 0 amide bonds. The molecule has 1 aromatic heterocycles. The van der Waals surface area contributed by atoms with E-state index in [2.05, 4.69) is 4.98 Å². The number of hydrogen-bond acceptors (Lipinski definition) is 4. The highest BCUT2D eigenvalue weighted by atomic mass is 19.2. The number of aromatic hydroxyl groups is 1. The third-order valence-electron chi connectivity index (χ3n) is 4.60. The molecule has 3 rings (SSSR count). The summed E-state index contributed by atoms with van der Waals surface area (Å²) in [6.07, 6.45) is 0.776. The molecule has 1 fully saturated rings. The van der Waals surface area contributed by atoms with Gasteiger partial charge in [0.2, 0.25) is 5.82 Å². The van der Waals surface area contributed by atoms with Crippen LogP contribution < -0.4 is 9.64 Å². The Morgan fingerprint density at radius 3 is 2.48 bits per heavy atom. The lowest BCUT2D eigenvalue weighted by molar-refractivity contribution is 0.192. The zero-order valence-electron chi connectivity index (χ0n) is 13.8. The second-order valence-corrected chi connectivity index (χ2v) is 6.09. The number of ether oxygens (including phenoxy) is 1. The third-order valence-corrected chi connectivity index (χ3v) is 4.60. The summed E-state index contributed by atoms with van der Waals surface area (Å²) >= 11 is 0. The number of alkyl halides is 1. The fourth-order valence-corrected chi connectivity index (χ4v) is 3.16. The number of piperidine rings is 1. The van der Waals surface area contributed by atoms with Crippen molar-refractivity contribution in [2.24, 2.45) is 5.92 Å². The normalized spacial score (nSPS) is 16.7. The van der Waals surface area contributed by atoms with Crippen molar-refractivity contribution in [3.8, 4) is 11.5 Å². The van der Waals surface area contributed by atoms with E-state index in [9.17, 15) is 18.3 Å². The Morgan fingerprint density at radius 2 is 1.88 bits per heavy atom. The van der Waals surface area contributed by atoms with Crippen molar-refractivity contribution in [1.82, 2.24) is 4.98 Å². The molecule has 2 aromatic rings. The Balaban J connectivity index is 1.68. The van der Waals surface area contributed by atoms with E-state index in [0.29, 0.717) is 31.7 Å². The second-order valence-electron chi connectivity index (χ2n) is 6.09. The third kappa shape index (κ3) is 3.50. The van der Waals surface area contributed by atoms with Gasteiger partial charge in [0.15, 0.2) is 11.6 Å². The van der Waals surface area contributed by atoms with Gasteiger partial charge in [0.05, 0.1) is 13.3 Å². The van der Waals surface area contributed by atoms with E-state index in [1.165, 1.54) is 25.4 Å². The molecule has 1 unspecified atom stereocenters. The van der Waals surface area contributed by atoms with Crippen LogP contribution in [0.5, 0.6) is 11.5 Å². The van der Waals surface area contributed by atoms with Crippen molar-refractivity contribution in [2.45, 2.75) is 19.0 Å². The van der Waals surface area contributed by atoms with Crippen molar-refractivity contribution >= 4 is 5.82 Å². The monoisotopic (exact) mass is 352 g/mol. The van der Waals surface area contributed by atoms with Crippen LogP contribution in [0, 0.1) is 17.6 Å². The fraction of sp³-hybridized carbons (Fsp3) is 0.389. The van der Waals surface area contributed by atoms with E-state index in [-0.39, 0.29) is 17.1 Å². The lowest BCUT2D eigenvalue weighted by Gasteiger charge is -2.34. The first-order valence-electron chi connectivity index (χ1n) is 8.07. The number of hydrogen-bond donors (Lipinski definition) is 1. The summed E-state index contributed by atoms with van der Waals surface area (Å²) in [5, 5.41) is 9.28. The maximum Gasteiger partial charge on any atom is 0.200 e. The topological polar surface area (TPSA) is 45.6 Å². The molecule has 4 nitrogen and oxygen atoms in total. The minimum atomic E-state index is -1.57. The predicted octanol–water partition coefficient (Wildman–Crippen LogP) is 4.00. The lowest BCUT2D eigenvalue weighted by Crippen LogP contribution is -2.35. The molecular formula is C18H19F3N2O2. The average molecular weight is 352 g/mol. The summed E-state index contributed by atoms with van der Waals surface area (Å²) in [4.78, 5) is 6.11. The van der Waals surface area contributed by atoms with Crippen molar-refractivity contribution in [3.63, 3.8) is 0 Å². The maximum atomic E-state index is 14.8. The first kappa shape index (κ1) is 17.4. The summed E-state index contributed by atoms with van der Waals surface area (Å²) < 4.78 is 47.4. The Kier molecular flexibility index (Phi) is 5.01. The summed E-state index contributed by atoms with van der Waals surface area (Å²) in [6, 6.07) is 5.73. The van der Waals surface area contributed by atoms with Gasteiger partial charge >= 0.3 is 0 Å². The van der Waals surface area contributed by atoms with Gasteiger partial charge in [0.25, 0.3) is 0 Å². The standard InChI is InChI=1S/C18H19F3N2O2/c1-25-14-4-3-13(17(20)18(14)21)16(19)11-6-8-23(9-7-11)15-5-2-12(24)10-22-15/h2-5,10-11,16,24H,6-9H2,1H3. The van der Waals surface area contributed by atoms with Gasteiger partial charge in [-0.25, -0.2) is 13.8 Å². The quantitative estimate of drug-likeness (QED) is 0.903. The fourth-order valence-electron chi connectivity index (χ4n) is 3.16. The molecule has 0 saturated carbocycles. The van der Waals surface area contributed by atoms with E-state index in [0.717, 1.165) is 0 Å². The van der Waals surface area contributed by atoms with Crippen LogP contribution in [0.4, 0.5) is 19.0 Å². The number of benzene rings is 1. The van der Waals surface area contributed by atoms with Gasteiger partial charge in [-0.15, -0.1) is 0 Å². The van der Waals surface area contributed by atoms with Gasteiger partial charge in [-0.3, -0.25) is 0 Å². The van der Waals surface area contributed by atoms with Gasteiger partial charge in [-0.05, 0) is 43.0 Å². The number of anilines is 1. The Labute approximate surface area is 143 Å². The zero-order chi connectivity index (χ0) is 18.0. The summed E-state index contributed by atoms with van der Waals surface area (Å²) in [5.41, 5.74) is -0.264. The van der Waals surface area contributed by atoms with E-state index < -0.39 is 23.7 Å². The van der Waals surface area contributed by atoms with Crippen LogP contribution in [0.2, 0.25) is 0 Å². The predicted molar refractivity (Wildman–Crippen MR) is 87.6 cm³/mol. The summed E-state index contributed by atoms with van der Waals surface area (Å²) in [7, 11) is 1.23. The van der Waals surface area contributed by atoms with Crippen molar-refractivity contribution in [2.75, 3.05) is 25.1 Å². The van der Waals surface area contributed by atoms with Gasteiger partial charge in [0, 0.05) is 18.7 Å². The number of aromatic nitrogens is 1. The molecular weight excluding hydrogens is 333 g/mol. The molecule has 1 aliphatic heterocycles. The first-order valence-corrected chi connectivity index (χ1v) is 8.07. The minimum absolute atomic E-state index is 0.0828. The van der Waals surface area contributed by atoms with E-state index >= 15 is 0 Å². The van der Waals surface area contributed by atoms with Gasteiger partial charge in [-0.2, -0.15) is 4.39 Å². The maximum absolute atomic E-state index is 14.8. The molecule has 1 saturated heterocycles. The molecule has 25 heavy (non-hydrogen) atoms. The molecule has 2 heterocycles. The molecule has 1 aliphatic rings. The highest BCUT2D eigenvalue weighted by Crippen LogP contribution is 2.37. The summed E-state index contributed by atoms with van der Waals surface area (Å²) in [5.74, 6) is -2.19. The minimum Gasteiger partial charge on any atom is -0.506 e. The van der Waals surface area contributed by atoms with Crippen molar-refractivity contribution in [3.05, 3.63) is 47.7 Å². The Morgan fingerprint density at radius 1 is 1.16 bits per heavy atom. The van der Waals surface area contributed by atoms with Gasteiger partial charge < -0.3 is 14.7 Å². The summed E-state index contributed by atoms with van der Waals surface area (Å²) in [6.45, 7) is 1.12. The van der Waals surface area contributed by atoms with Crippen molar-refractivity contribution in [1.29, 1.82) is 0 Å². The first-order chi connectivity index (χ1) is 12.0. The van der Waals surface area contributed by atoms with E-state index in [1.54, 1.807) is 12.1 Å². The molecule has 7 heteroatoms. The highest BCUT2D eigenvalue weighted by molar-refractivity contribution is 5.41. The average Bonchev–Trinajstić information content (AvgIpc) is 2.64. The van der Waals surface area contributed by atoms with Crippen LogP contribution in [-0.4, -0.2) is 30.3 Å².